The summed E-state index contributed by atoms with van der Waals surface area (Å²) in [5.74, 6) is -1.67. The Morgan fingerprint density at radius 3 is 1.07 bits per heavy atom. The Morgan fingerprint density at radius 1 is 0.450 bits per heavy atom. The van der Waals surface area contributed by atoms with E-state index in [1.54, 1.807) is 0 Å². The summed E-state index contributed by atoms with van der Waals surface area (Å²) in [6, 6.07) is 0. The van der Waals surface area contributed by atoms with E-state index in [1.807, 2.05) is 0 Å². The fraction of sp³-hybridized carbons (Fsp3) is 0.765. The van der Waals surface area contributed by atoms with Gasteiger partial charge in [-0.3, -0.25) is 9.59 Å². The van der Waals surface area contributed by atoms with Gasteiger partial charge in [0.25, 0.3) is 11.9 Å². The van der Waals surface area contributed by atoms with Gasteiger partial charge in [0.15, 0.2) is 0 Å². The van der Waals surface area contributed by atoms with Gasteiger partial charge in [-0.1, -0.05) is 115 Å². The second-order valence-electron chi connectivity index (χ2n) is 9.85. The van der Waals surface area contributed by atoms with Crippen LogP contribution < -0.4 is 0 Å². The highest BCUT2D eigenvalue weighted by Crippen LogP contribution is 2.10. The average molecular weight is 571 g/mol. The van der Waals surface area contributed by atoms with Gasteiger partial charge in [-0.2, -0.15) is 0 Å². The fourth-order valence-corrected chi connectivity index (χ4v) is 3.47. The molecule has 0 saturated heterocycles. The van der Waals surface area contributed by atoms with Crippen molar-refractivity contribution < 1.29 is 30.0 Å². The van der Waals surface area contributed by atoms with E-state index in [2.05, 4.69) is 50.3 Å². The lowest BCUT2D eigenvalue weighted by Crippen LogP contribution is -1.83. The first-order valence-electron chi connectivity index (χ1n) is 15.9. The van der Waals surface area contributed by atoms with Crippen molar-refractivity contribution in [3.05, 3.63) is 36.5 Å². The van der Waals surface area contributed by atoms with Gasteiger partial charge < -0.3 is 20.4 Å². The number of rotatable bonds is 23. The quantitative estimate of drug-likeness (QED) is 0.0718. The molecule has 0 aromatic carbocycles. The Balaban J connectivity index is -0.000000264. The maximum atomic E-state index is 9.00. The number of carboxylic acids is 2. The summed E-state index contributed by atoms with van der Waals surface area (Å²) in [4.78, 5) is 18.0. The molecule has 0 fully saturated rings. The molecule has 0 aromatic heterocycles. The molecule has 0 saturated carbocycles. The summed E-state index contributed by atoms with van der Waals surface area (Å²) in [6.07, 6.45) is 38.8. The Labute approximate surface area is 247 Å². The Bertz CT molecular complexity index is 535. The maximum absolute atomic E-state index is 9.00. The molecule has 238 valence electrons. The van der Waals surface area contributed by atoms with E-state index in [9.17, 15) is 0 Å². The summed E-state index contributed by atoms with van der Waals surface area (Å²) in [5, 5.41) is 32.0. The lowest BCUT2D eigenvalue weighted by atomic mass is 10.1. The van der Waals surface area contributed by atoms with Gasteiger partial charge in [0.2, 0.25) is 0 Å². The van der Waals surface area contributed by atoms with Crippen LogP contribution in [-0.2, 0) is 9.59 Å². The molecule has 0 aromatic rings. The zero-order valence-electron chi connectivity index (χ0n) is 26.6. The third kappa shape index (κ3) is 76.6. The lowest BCUT2D eigenvalue weighted by molar-refractivity contribution is -0.135. The number of allylic oxidation sites excluding steroid dienone is 5. The van der Waals surface area contributed by atoms with Crippen molar-refractivity contribution >= 4 is 11.9 Å². The molecule has 0 bridgehead atoms. The van der Waals surface area contributed by atoms with Crippen LogP contribution in [0.5, 0.6) is 0 Å². The summed E-state index contributed by atoms with van der Waals surface area (Å²) in [7, 11) is 0. The van der Waals surface area contributed by atoms with E-state index in [0.717, 1.165) is 33.1 Å². The van der Waals surface area contributed by atoms with Crippen molar-refractivity contribution in [2.24, 2.45) is 0 Å². The van der Waals surface area contributed by atoms with Crippen LogP contribution in [-0.4, -0.2) is 45.6 Å². The van der Waals surface area contributed by atoms with Gasteiger partial charge in [-0.25, -0.2) is 0 Å². The second-order valence-corrected chi connectivity index (χ2v) is 9.85. The minimum Gasteiger partial charge on any atom is -0.481 e. The van der Waals surface area contributed by atoms with E-state index in [-0.39, 0.29) is 6.61 Å². The molecular weight excluding hydrogens is 504 g/mol. The minimum atomic E-state index is -0.833. The highest BCUT2D eigenvalue weighted by molar-refractivity contribution is 5.63. The van der Waals surface area contributed by atoms with E-state index in [1.165, 1.54) is 109 Å². The molecule has 6 nitrogen and oxygen atoms in total. The number of hydrogen-bond donors (Lipinski definition) is 4. The molecule has 0 aliphatic rings. The first kappa shape index (κ1) is 45.1. The third-order valence-electron chi connectivity index (χ3n) is 5.53. The van der Waals surface area contributed by atoms with Crippen LogP contribution in [0.25, 0.3) is 0 Å². The molecule has 0 atom stereocenters. The van der Waals surface area contributed by atoms with Crippen molar-refractivity contribution in [2.75, 3.05) is 13.2 Å². The monoisotopic (exact) mass is 570 g/mol. The van der Waals surface area contributed by atoms with Gasteiger partial charge >= 0.3 is 0 Å². The summed E-state index contributed by atoms with van der Waals surface area (Å²) in [5.41, 5.74) is 0. The first-order valence-corrected chi connectivity index (χ1v) is 15.9. The van der Waals surface area contributed by atoms with Gasteiger partial charge in [-0.05, 0) is 64.2 Å². The minimum absolute atomic E-state index is 0.281. The highest BCUT2D eigenvalue weighted by atomic mass is 16.4. The fourth-order valence-electron chi connectivity index (χ4n) is 3.47. The second kappa shape index (κ2) is 46.9. The maximum Gasteiger partial charge on any atom is 0.300 e. The van der Waals surface area contributed by atoms with Gasteiger partial charge in [0.1, 0.15) is 0 Å². The van der Waals surface area contributed by atoms with Crippen LogP contribution in [0.3, 0.4) is 0 Å². The number of hydrogen-bond acceptors (Lipinski definition) is 4. The number of aliphatic hydroxyl groups is 2. The van der Waals surface area contributed by atoms with Crippen LogP contribution in [0.15, 0.2) is 36.5 Å². The van der Waals surface area contributed by atoms with E-state index < -0.39 is 11.9 Å². The van der Waals surface area contributed by atoms with E-state index >= 15 is 0 Å². The topological polar surface area (TPSA) is 115 Å². The molecule has 0 spiro atoms. The first-order chi connectivity index (χ1) is 19.3. The Kier molecular flexibility index (Phi) is 52.9. The number of aliphatic carboxylic acids is 2. The zero-order valence-corrected chi connectivity index (χ0v) is 26.6. The Morgan fingerprint density at radius 2 is 0.750 bits per heavy atom. The lowest BCUT2D eigenvalue weighted by Gasteiger charge is -1.99. The Hall–Kier alpha value is -1.92. The van der Waals surface area contributed by atoms with Crippen LogP contribution in [0.2, 0.25) is 0 Å². The van der Waals surface area contributed by atoms with Crippen LogP contribution in [0.1, 0.15) is 156 Å². The SMILES string of the molecule is CC(=O)O.CC(=O)O.CC/C=C\CCCCCCCCO.CCCC/C=C\CCCCCCCC/C=C\CCO. The number of carbonyl (C=O) groups is 2. The molecule has 0 aliphatic carbocycles. The number of carboxylic acid groups (broad SMARTS) is 2. The van der Waals surface area contributed by atoms with Crippen molar-refractivity contribution in [1.29, 1.82) is 0 Å². The smallest absolute Gasteiger partial charge is 0.300 e. The third-order valence-corrected chi connectivity index (χ3v) is 5.53. The molecule has 0 radical (unpaired) electrons. The van der Waals surface area contributed by atoms with Crippen LogP contribution in [0, 0.1) is 0 Å². The van der Waals surface area contributed by atoms with E-state index in [0.29, 0.717) is 6.61 Å². The number of unbranched alkanes of at least 4 members (excludes halogenated alkanes) is 15. The normalized spacial score (nSPS) is 10.6. The predicted molar refractivity (Wildman–Crippen MR) is 172 cm³/mol. The predicted octanol–water partition coefficient (Wildman–Crippen LogP) is 9.65. The average Bonchev–Trinajstić information content (AvgIpc) is 2.90. The molecule has 6 heteroatoms. The standard InChI is InChI=1S/C18H34O.C12H24O.2C2H4O2/c1-2-3-4-5-6-7-8-9-10-11-12-13-14-15-16-17-18-19;1-2-3-4-5-6-7-8-9-10-11-12-13;2*1-2(3)4/h5-6,15-16,19H,2-4,7-14,17-18H2,1H3;3-4,13H,2,5-12H2,1H3;2*1H3,(H,3,4)/b6-5-,16-15-;4-3-;;. The summed E-state index contributed by atoms with van der Waals surface area (Å²) in [6.45, 7) is 7.23. The van der Waals surface area contributed by atoms with Crippen molar-refractivity contribution in [3.8, 4) is 0 Å². The number of aliphatic hydroxyl groups excluding tert-OH is 2. The summed E-state index contributed by atoms with van der Waals surface area (Å²) < 4.78 is 0. The zero-order chi connectivity index (χ0) is 31.0. The van der Waals surface area contributed by atoms with Crippen LogP contribution in [0.4, 0.5) is 0 Å². The molecule has 0 heterocycles. The molecule has 0 unspecified atom stereocenters. The molecule has 40 heavy (non-hydrogen) atoms. The van der Waals surface area contributed by atoms with Gasteiger partial charge in [0, 0.05) is 27.1 Å². The molecule has 0 rings (SSSR count). The molecule has 0 amide bonds. The van der Waals surface area contributed by atoms with Crippen molar-refractivity contribution in [3.63, 3.8) is 0 Å². The van der Waals surface area contributed by atoms with E-state index in [4.69, 9.17) is 30.0 Å². The largest absolute Gasteiger partial charge is 0.481 e. The van der Waals surface area contributed by atoms with Crippen LogP contribution >= 0.6 is 0 Å². The molecule has 0 aliphatic heterocycles. The molecular formula is C34H66O6. The van der Waals surface area contributed by atoms with Crippen molar-refractivity contribution in [2.45, 2.75) is 156 Å². The highest BCUT2D eigenvalue weighted by Gasteiger charge is 1.90. The summed E-state index contributed by atoms with van der Waals surface area (Å²) >= 11 is 0. The van der Waals surface area contributed by atoms with Gasteiger partial charge in [0.05, 0.1) is 0 Å². The molecule has 4 N–H and O–H groups in total. The van der Waals surface area contributed by atoms with Gasteiger partial charge in [-0.15, -0.1) is 0 Å². The van der Waals surface area contributed by atoms with Crippen molar-refractivity contribution in [1.82, 2.24) is 0 Å².